The van der Waals surface area contributed by atoms with Gasteiger partial charge in [0.2, 0.25) is 0 Å². The Morgan fingerprint density at radius 3 is 2.45 bits per heavy atom. The summed E-state index contributed by atoms with van der Waals surface area (Å²) in [5.74, 6) is -0.174. The molecule has 1 heterocycles. The van der Waals surface area contributed by atoms with Crippen LogP contribution in [0.3, 0.4) is 0 Å². The average Bonchev–Trinajstić information content (AvgIpc) is 2.84. The van der Waals surface area contributed by atoms with Gasteiger partial charge in [-0.05, 0) is 0 Å². The molecule has 1 fully saturated rings. The predicted octanol–water partition coefficient (Wildman–Crippen LogP) is -1.39. The number of nitrogens with one attached hydrogen (secondary N) is 1. The predicted molar refractivity (Wildman–Crippen MR) is 75.7 cm³/mol. The van der Waals surface area contributed by atoms with E-state index in [9.17, 15) is 20.1 Å². The number of allylic oxidation sites excluding steroid dienone is 1. The molecular formula is C15H17NO6. The highest BCUT2D eigenvalue weighted by molar-refractivity contribution is 6.16. The molecule has 5 N–H and O–H groups in total. The summed E-state index contributed by atoms with van der Waals surface area (Å²) in [7, 11) is 0. The zero-order valence-corrected chi connectivity index (χ0v) is 11.6. The first-order valence-corrected chi connectivity index (χ1v) is 6.95. The topological polar surface area (TPSA) is 119 Å². The smallest absolute Gasteiger partial charge is 0.188 e. The van der Waals surface area contributed by atoms with Crippen LogP contribution >= 0.6 is 0 Å². The van der Waals surface area contributed by atoms with Gasteiger partial charge in [0.05, 0.1) is 6.61 Å². The second-order valence-electron chi connectivity index (χ2n) is 5.37. The molecule has 0 spiro atoms. The number of aliphatic hydroxyl groups is 4. The molecule has 1 aromatic rings. The van der Waals surface area contributed by atoms with Gasteiger partial charge in [0.1, 0.15) is 24.4 Å². The molecular weight excluding hydrogens is 290 g/mol. The first kappa shape index (κ1) is 15.1. The Bertz CT molecular complexity index is 616. The number of ether oxygens (including phenoxy) is 1. The SMILES string of the molecule is O=C1C=C(N[C@@H]2[C@@H](O)[C@H](O)[C@@H](CO)O[C@H]2O)c2ccccc21. The second kappa shape index (κ2) is 5.79. The Balaban J connectivity index is 1.82. The van der Waals surface area contributed by atoms with Crippen LogP contribution < -0.4 is 5.32 Å². The largest absolute Gasteiger partial charge is 0.394 e. The molecule has 3 rings (SSSR count). The lowest BCUT2D eigenvalue weighted by atomic mass is 9.96. The first-order chi connectivity index (χ1) is 10.5. The Kier molecular flexibility index (Phi) is 3.98. The van der Waals surface area contributed by atoms with Crippen molar-refractivity contribution in [2.24, 2.45) is 0 Å². The van der Waals surface area contributed by atoms with Crippen LogP contribution in [0, 0.1) is 0 Å². The van der Waals surface area contributed by atoms with Gasteiger partial charge in [-0.1, -0.05) is 24.3 Å². The molecule has 1 aromatic carbocycles. The Morgan fingerprint density at radius 1 is 1.09 bits per heavy atom. The van der Waals surface area contributed by atoms with Crippen molar-refractivity contribution in [1.82, 2.24) is 5.32 Å². The van der Waals surface area contributed by atoms with Crippen LogP contribution in [0.4, 0.5) is 0 Å². The van der Waals surface area contributed by atoms with Crippen LogP contribution in [0.25, 0.3) is 5.70 Å². The summed E-state index contributed by atoms with van der Waals surface area (Å²) in [4.78, 5) is 11.9. The summed E-state index contributed by atoms with van der Waals surface area (Å²) in [5.41, 5.74) is 1.63. The average molecular weight is 307 g/mol. The Morgan fingerprint density at radius 2 is 1.77 bits per heavy atom. The normalized spacial score (nSPS) is 34.3. The van der Waals surface area contributed by atoms with E-state index >= 15 is 0 Å². The summed E-state index contributed by atoms with van der Waals surface area (Å²) in [5, 5.41) is 41.8. The standard InChI is InChI=1S/C15H17NO6/c17-6-11-13(19)14(20)12(15(21)22-11)16-9-5-10(18)8-4-2-1-3-7(8)9/h1-5,11-17,19-21H,6H2/t11-,12-,13-,14-,15-/m1/s1. The summed E-state index contributed by atoms with van der Waals surface area (Å²) in [6.45, 7) is -0.522. The van der Waals surface area contributed by atoms with E-state index in [1.807, 2.05) is 0 Å². The van der Waals surface area contributed by atoms with Gasteiger partial charge in [-0.3, -0.25) is 4.79 Å². The summed E-state index contributed by atoms with van der Waals surface area (Å²) in [6.07, 6.45) is -3.83. The highest BCUT2D eigenvalue weighted by atomic mass is 16.6. The molecule has 0 amide bonds. The Labute approximate surface area is 126 Å². The van der Waals surface area contributed by atoms with Crippen molar-refractivity contribution in [3.63, 3.8) is 0 Å². The monoisotopic (exact) mass is 307 g/mol. The van der Waals surface area contributed by atoms with Crippen LogP contribution in [0.2, 0.25) is 0 Å². The van der Waals surface area contributed by atoms with Gasteiger partial charge < -0.3 is 30.5 Å². The lowest BCUT2D eigenvalue weighted by molar-refractivity contribution is -0.252. The van der Waals surface area contributed by atoms with Crippen LogP contribution in [0.15, 0.2) is 30.3 Å². The van der Waals surface area contributed by atoms with Crippen molar-refractivity contribution in [3.8, 4) is 0 Å². The van der Waals surface area contributed by atoms with E-state index < -0.39 is 37.3 Å². The molecule has 0 bridgehead atoms. The zero-order valence-electron chi connectivity index (χ0n) is 11.6. The van der Waals surface area contributed by atoms with Crippen LogP contribution in [-0.4, -0.2) is 63.5 Å². The van der Waals surface area contributed by atoms with Gasteiger partial charge in [-0.25, -0.2) is 0 Å². The fourth-order valence-electron chi connectivity index (χ4n) is 2.77. The maximum absolute atomic E-state index is 11.9. The summed E-state index contributed by atoms with van der Waals surface area (Å²) >= 11 is 0. The van der Waals surface area contributed by atoms with Crippen molar-refractivity contribution in [2.45, 2.75) is 30.6 Å². The van der Waals surface area contributed by atoms with Crippen LogP contribution in [-0.2, 0) is 4.74 Å². The highest BCUT2D eigenvalue weighted by Crippen LogP contribution is 2.28. The van der Waals surface area contributed by atoms with E-state index in [1.165, 1.54) is 6.08 Å². The van der Waals surface area contributed by atoms with E-state index in [2.05, 4.69) is 5.32 Å². The maximum Gasteiger partial charge on any atom is 0.188 e. The third kappa shape index (κ3) is 2.43. The number of carbonyl (C=O) groups excluding carboxylic acids is 1. The van der Waals surface area contributed by atoms with Crippen LogP contribution in [0.5, 0.6) is 0 Å². The third-order valence-corrected chi connectivity index (χ3v) is 3.98. The fourth-order valence-corrected chi connectivity index (χ4v) is 2.77. The minimum Gasteiger partial charge on any atom is -0.394 e. The molecule has 118 valence electrons. The molecule has 1 aliphatic heterocycles. The quantitative estimate of drug-likeness (QED) is 0.466. The minimum atomic E-state index is -1.43. The number of aliphatic hydroxyl groups excluding tert-OH is 4. The lowest BCUT2D eigenvalue weighted by Gasteiger charge is -2.40. The van der Waals surface area contributed by atoms with Crippen molar-refractivity contribution >= 4 is 11.5 Å². The molecule has 7 heteroatoms. The number of hydrogen-bond acceptors (Lipinski definition) is 7. The van der Waals surface area contributed by atoms with E-state index in [-0.39, 0.29) is 5.78 Å². The minimum absolute atomic E-state index is 0.174. The van der Waals surface area contributed by atoms with Gasteiger partial charge in [0.25, 0.3) is 0 Å². The number of fused-ring (bicyclic) bond motifs is 1. The van der Waals surface area contributed by atoms with Gasteiger partial charge in [-0.15, -0.1) is 0 Å². The molecule has 1 aliphatic carbocycles. The second-order valence-corrected chi connectivity index (χ2v) is 5.37. The Hall–Kier alpha value is -1.77. The molecule has 2 aliphatic rings. The van der Waals surface area contributed by atoms with Crippen molar-refractivity contribution in [2.75, 3.05) is 6.61 Å². The van der Waals surface area contributed by atoms with E-state index in [4.69, 9.17) is 9.84 Å². The fraction of sp³-hybridized carbons (Fsp3) is 0.400. The number of rotatable bonds is 3. The molecule has 0 radical (unpaired) electrons. The van der Waals surface area contributed by atoms with E-state index in [1.54, 1.807) is 24.3 Å². The van der Waals surface area contributed by atoms with E-state index in [0.717, 1.165) is 0 Å². The lowest BCUT2D eigenvalue weighted by Crippen LogP contribution is -2.62. The molecule has 0 unspecified atom stereocenters. The van der Waals surface area contributed by atoms with Crippen molar-refractivity contribution < 1.29 is 30.0 Å². The molecule has 22 heavy (non-hydrogen) atoms. The number of carbonyl (C=O) groups is 1. The van der Waals surface area contributed by atoms with Gasteiger partial charge in [-0.2, -0.15) is 0 Å². The van der Waals surface area contributed by atoms with Gasteiger partial charge in [0.15, 0.2) is 12.1 Å². The van der Waals surface area contributed by atoms with Gasteiger partial charge in [0, 0.05) is 22.9 Å². The number of hydrogen-bond donors (Lipinski definition) is 5. The van der Waals surface area contributed by atoms with E-state index in [0.29, 0.717) is 16.8 Å². The third-order valence-electron chi connectivity index (χ3n) is 3.98. The molecule has 1 saturated heterocycles. The molecule has 0 saturated carbocycles. The molecule has 5 atom stereocenters. The molecule has 0 aromatic heterocycles. The first-order valence-electron chi connectivity index (χ1n) is 6.95. The number of benzene rings is 1. The number of ketones is 1. The van der Waals surface area contributed by atoms with Gasteiger partial charge >= 0.3 is 0 Å². The van der Waals surface area contributed by atoms with Crippen LogP contribution in [0.1, 0.15) is 15.9 Å². The zero-order chi connectivity index (χ0) is 15.9. The van der Waals surface area contributed by atoms with Crippen molar-refractivity contribution in [3.05, 3.63) is 41.5 Å². The van der Waals surface area contributed by atoms with Crippen molar-refractivity contribution in [1.29, 1.82) is 0 Å². The summed E-state index contributed by atoms with van der Waals surface area (Å²) < 4.78 is 5.08. The summed E-state index contributed by atoms with van der Waals surface area (Å²) in [6, 6.07) is 5.92. The highest BCUT2D eigenvalue weighted by Gasteiger charge is 2.44. The maximum atomic E-state index is 11.9. The molecule has 7 nitrogen and oxygen atoms in total.